The minimum Gasteiger partial charge on any atom is -0.303 e. The number of benzene rings is 3. The van der Waals surface area contributed by atoms with Crippen LogP contribution in [0.5, 0.6) is 0 Å². The van der Waals surface area contributed by atoms with Crippen LogP contribution in [0.15, 0.2) is 106 Å². The molecule has 0 radical (unpaired) electrons. The molecule has 1 atom stereocenters. The van der Waals surface area contributed by atoms with Gasteiger partial charge in [-0.25, -0.2) is 0 Å². The van der Waals surface area contributed by atoms with E-state index in [4.69, 9.17) is 0 Å². The van der Waals surface area contributed by atoms with Gasteiger partial charge in [-0.05, 0) is 42.3 Å². The van der Waals surface area contributed by atoms with E-state index in [1.165, 1.54) is 14.7 Å². The highest BCUT2D eigenvalue weighted by atomic mass is 32.3. The molecule has 3 aromatic rings. The van der Waals surface area contributed by atoms with E-state index in [1.54, 1.807) is 0 Å². The van der Waals surface area contributed by atoms with Crippen LogP contribution in [0.1, 0.15) is 13.3 Å². The van der Waals surface area contributed by atoms with Crippen molar-refractivity contribution in [2.75, 3.05) is 0 Å². The molecule has 0 N–H and O–H groups in total. The van der Waals surface area contributed by atoms with Gasteiger partial charge in [0, 0.05) is 21.1 Å². The molecular formula is C23H22OS3. The van der Waals surface area contributed by atoms with Crippen molar-refractivity contribution < 1.29 is 4.79 Å². The molecule has 0 aromatic heterocycles. The number of carbonyl (C=O) groups excluding carboxylic acids is 1. The van der Waals surface area contributed by atoms with Gasteiger partial charge in [0.25, 0.3) is 0 Å². The van der Waals surface area contributed by atoms with Gasteiger partial charge in [0.15, 0.2) is 0 Å². The van der Waals surface area contributed by atoms with E-state index in [1.807, 2.05) is 53.5 Å². The Bertz CT molecular complexity index is 721. The summed E-state index contributed by atoms with van der Waals surface area (Å²) in [4.78, 5) is 15.0. The number of aldehydes is 1. The van der Waals surface area contributed by atoms with Crippen molar-refractivity contribution in [2.24, 2.45) is 5.92 Å². The molecule has 0 saturated carbocycles. The van der Waals surface area contributed by atoms with E-state index in [0.717, 1.165) is 6.29 Å². The topological polar surface area (TPSA) is 17.1 Å². The van der Waals surface area contributed by atoms with Crippen molar-refractivity contribution in [3.8, 4) is 0 Å². The Morgan fingerprint density at radius 2 is 1.04 bits per heavy atom. The van der Waals surface area contributed by atoms with Gasteiger partial charge in [0.2, 0.25) is 0 Å². The van der Waals surface area contributed by atoms with E-state index in [2.05, 4.69) is 79.7 Å². The van der Waals surface area contributed by atoms with Crippen LogP contribution in [0, 0.1) is 5.92 Å². The zero-order valence-electron chi connectivity index (χ0n) is 15.2. The van der Waals surface area contributed by atoms with Crippen molar-refractivity contribution in [3.05, 3.63) is 91.0 Å². The lowest BCUT2D eigenvalue weighted by Crippen LogP contribution is -2.26. The lowest BCUT2D eigenvalue weighted by Gasteiger charge is -2.37. The Morgan fingerprint density at radius 3 is 1.33 bits per heavy atom. The Hall–Kier alpha value is -1.62. The summed E-state index contributed by atoms with van der Waals surface area (Å²) in [5.41, 5.74) is 0. The fraction of sp³-hybridized carbons (Fsp3) is 0.174. The Morgan fingerprint density at radius 1 is 0.704 bits per heavy atom. The summed E-state index contributed by atoms with van der Waals surface area (Å²) < 4.78 is -0.259. The first-order valence-corrected chi connectivity index (χ1v) is 11.3. The van der Waals surface area contributed by atoms with Crippen molar-refractivity contribution in [1.29, 1.82) is 0 Å². The van der Waals surface area contributed by atoms with Gasteiger partial charge in [0.05, 0.1) is 0 Å². The molecular weight excluding hydrogens is 388 g/mol. The zero-order chi connectivity index (χ0) is 19.0. The molecule has 0 spiro atoms. The molecule has 0 fully saturated rings. The number of carbonyl (C=O) groups is 1. The molecule has 0 aliphatic carbocycles. The summed E-state index contributed by atoms with van der Waals surface area (Å²) in [7, 11) is 0. The first-order valence-electron chi connectivity index (χ1n) is 8.88. The van der Waals surface area contributed by atoms with Crippen LogP contribution >= 0.6 is 35.3 Å². The largest absolute Gasteiger partial charge is 0.303 e. The predicted molar refractivity (Wildman–Crippen MR) is 119 cm³/mol. The Balaban J connectivity index is 2.02. The van der Waals surface area contributed by atoms with Gasteiger partial charge in [-0.2, -0.15) is 0 Å². The fourth-order valence-electron chi connectivity index (χ4n) is 2.61. The van der Waals surface area contributed by atoms with E-state index in [9.17, 15) is 4.79 Å². The first-order chi connectivity index (χ1) is 13.2. The van der Waals surface area contributed by atoms with Gasteiger partial charge >= 0.3 is 0 Å². The third-order valence-electron chi connectivity index (χ3n) is 4.06. The molecule has 27 heavy (non-hydrogen) atoms. The fourth-order valence-corrected chi connectivity index (χ4v) is 7.60. The van der Waals surface area contributed by atoms with Crippen LogP contribution in [0.25, 0.3) is 0 Å². The lowest BCUT2D eigenvalue weighted by atomic mass is 10.1. The Kier molecular flexibility index (Phi) is 7.50. The standard InChI is InChI=1S/C23H22OS3/c1-19(17-18-24)23(25-20-11-5-2-6-12-20,26-21-13-7-3-8-14-21)27-22-15-9-4-10-16-22/h2-16,18-19H,17H2,1H3. The van der Waals surface area contributed by atoms with Crippen molar-refractivity contribution in [2.45, 2.75) is 31.4 Å². The molecule has 0 aliphatic heterocycles. The van der Waals surface area contributed by atoms with Crippen LogP contribution in [0.2, 0.25) is 0 Å². The summed E-state index contributed by atoms with van der Waals surface area (Å²) in [6, 6.07) is 31.4. The summed E-state index contributed by atoms with van der Waals surface area (Å²) in [5.74, 6) is 0.176. The summed E-state index contributed by atoms with van der Waals surface area (Å²) in [6.07, 6.45) is 1.57. The highest BCUT2D eigenvalue weighted by Crippen LogP contribution is 2.59. The highest BCUT2D eigenvalue weighted by molar-refractivity contribution is 8.33. The monoisotopic (exact) mass is 410 g/mol. The number of rotatable bonds is 9. The number of hydrogen-bond donors (Lipinski definition) is 0. The third-order valence-corrected chi connectivity index (χ3v) is 9.15. The van der Waals surface area contributed by atoms with Crippen molar-refractivity contribution in [1.82, 2.24) is 0 Å². The SMILES string of the molecule is CC(CC=O)C(Sc1ccccc1)(Sc1ccccc1)Sc1ccccc1. The molecule has 0 bridgehead atoms. The van der Waals surface area contributed by atoms with Gasteiger partial charge < -0.3 is 4.79 Å². The second-order valence-corrected chi connectivity index (χ2v) is 10.9. The van der Waals surface area contributed by atoms with Crippen LogP contribution in [-0.2, 0) is 4.79 Å². The molecule has 0 saturated heterocycles. The van der Waals surface area contributed by atoms with Crippen LogP contribution in [0.3, 0.4) is 0 Å². The minimum absolute atomic E-state index is 0.176. The van der Waals surface area contributed by atoms with Crippen LogP contribution < -0.4 is 0 Å². The van der Waals surface area contributed by atoms with Gasteiger partial charge in [0.1, 0.15) is 9.70 Å². The maximum Gasteiger partial charge on any atom is 0.123 e. The molecule has 1 unspecified atom stereocenters. The molecule has 4 heteroatoms. The molecule has 3 aromatic carbocycles. The van der Waals surface area contributed by atoms with Gasteiger partial charge in [-0.1, -0.05) is 96.8 Å². The summed E-state index contributed by atoms with van der Waals surface area (Å²) >= 11 is 5.52. The highest BCUT2D eigenvalue weighted by Gasteiger charge is 2.40. The van der Waals surface area contributed by atoms with Crippen LogP contribution in [-0.4, -0.2) is 9.70 Å². The molecule has 1 nitrogen and oxygen atoms in total. The summed E-state index contributed by atoms with van der Waals surface area (Å²) in [6.45, 7) is 2.18. The molecule has 0 heterocycles. The molecule has 3 rings (SSSR count). The lowest BCUT2D eigenvalue weighted by molar-refractivity contribution is -0.108. The smallest absolute Gasteiger partial charge is 0.123 e. The van der Waals surface area contributed by atoms with E-state index in [-0.39, 0.29) is 9.33 Å². The number of hydrogen-bond acceptors (Lipinski definition) is 4. The Labute approximate surface area is 174 Å². The summed E-state index contributed by atoms with van der Waals surface area (Å²) in [5, 5.41) is 0. The quantitative estimate of drug-likeness (QED) is 0.210. The second-order valence-electron chi connectivity index (χ2n) is 6.15. The van der Waals surface area contributed by atoms with E-state index in [0.29, 0.717) is 6.42 Å². The minimum atomic E-state index is -0.259. The van der Waals surface area contributed by atoms with E-state index < -0.39 is 0 Å². The predicted octanol–water partition coefficient (Wildman–Crippen LogP) is 7.24. The average molecular weight is 411 g/mol. The second kappa shape index (κ2) is 10.1. The molecule has 0 aliphatic rings. The van der Waals surface area contributed by atoms with E-state index >= 15 is 0 Å². The van der Waals surface area contributed by atoms with Crippen LogP contribution in [0.4, 0.5) is 0 Å². The van der Waals surface area contributed by atoms with Crippen molar-refractivity contribution in [3.63, 3.8) is 0 Å². The maximum absolute atomic E-state index is 11.4. The molecule has 138 valence electrons. The molecule has 0 amide bonds. The maximum atomic E-state index is 11.4. The third kappa shape index (κ3) is 5.68. The van der Waals surface area contributed by atoms with Crippen molar-refractivity contribution >= 4 is 41.6 Å². The number of thioether (sulfide) groups is 3. The average Bonchev–Trinajstić information content (AvgIpc) is 2.70. The van der Waals surface area contributed by atoms with Gasteiger partial charge in [-0.15, -0.1) is 0 Å². The first kappa shape index (κ1) is 20.1. The normalized spacial score (nSPS) is 12.5. The van der Waals surface area contributed by atoms with Gasteiger partial charge in [-0.3, -0.25) is 0 Å². The zero-order valence-corrected chi connectivity index (χ0v) is 17.6.